The molecule has 2 aromatic rings. The van der Waals surface area contributed by atoms with Gasteiger partial charge >= 0.3 is 0 Å². The Labute approximate surface area is 133 Å². The van der Waals surface area contributed by atoms with Crippen LogP contribution < -0.4 is 10.9 Å². The van der Waals surface area contributed by atoms with Crippen LogP contribution in [0.15, 0.2) is 35.1 Å². The van der Waals surface area contributed by atoms with E-state index in [1.54, 1.807) is 12.1 Å². The molecule has 5 heteroatoms. The minimum atomic E-state index is -0.214. The summed E-state index contributed by atoms with van der Waals surface area (Å²) in [5, 5.41) is 4.98. The summed E-state index contributed by atoms with van der Waals surface area (Å²) in [5.41, 5.74) is 0.130. The Morgan fingerprint density at radius 1 is 1.36 bits per heavy atom. The standard InChI is InChI=1S/C17H20N2O2S/c1-2-22-15-9-5-8-13(15)18-17(21)14-10-11-6-3-4-7-12(11)16(20)19-14/h3-4,6-7,10,13,15H,2,5,8-9H2,1H3,(H,18,21)(H,19,20)/t13-,15+/m0/s1. The molecule has 0 bridgehead atoms. The molecule has 0 spiro atoms. The van der Waals surface area contributed by atoms with Gasteiger partial charge in [0.15, 0.2) is 0 Å². The summed E-state index contributed by atoms with van der Waals surface area (Å²) in [4.78, 5) is 27.2. The second-order valence-electron chi connectivity index (χ2n) is 5.60. The van der Waals surface area contributed by atoms with Gasteiger partial charge in [0.2, 0.25) is 0 Å². The third-order valence-corrected chi connectivity index (χ3v) is 5.47. The van der Waals surface area contributed by atoms with E-state index in [0.717, 1.165) is 30.4 Å². The molecule has 2 N–H and O–H groups in total. The smallest absolute Gasteiger partial charge is 0.268 e. The molecule has 0 radical (unpaired) electrons. The number of rotatable bonds is 4. The number of H-pyrrole nitrogens is 1. The van der Waals surface area contributed by atoms with Crippen LogP contribution in [0.2, 0.25) is 0 Å². The van der Waals surface area contributed by atoms with Crippen molar-refractivity contribution in [2.24, 2.45) is 0 Å². The van der Waals surface area contributed by atoms with Gasteiger partial charge in [0.05, 0.1) is 0 Å². The first-order chi connectivity index (χ1) is 10.7. The average Bonchev–Trinajstić information content (AvgIpc) is 2.95. The minimum Gasteiger partial charge on any atom is -0.347 e. The minimum absolute atomic E-state index is 0.184. The van der Waals surface area contributed by atoms with Gasteiger partial charge in [-0.05, 0) is 36.1 Å². The van der Waals surface area contributed by atoms with Crippen molar-refractivity contribution in [3.63, 3.8) is 0 Å². The molecule has 4 nitrogen and oxygen atoms in total. The van der Waals surface area contributed by atoms with Gasteiger partial charge in [-0.2, -0.15) is 11.8 Å². The number of aromatic nitrogens is 1. The number of hydrogen-bond donors (Lipinski definition) is 2. The van der Waals surface area contributed by atoms with E-state index in [1.165, 1.54) is 0 Å². The first-order valence-corrected chi connectivity index (χ1v) is 8.78. The molecule has 116 valence electrons. The molecule has 0 saturated heterocycles. The zero-order valence-electron chi connectivity index (χ0n) is 12.6. The summed E-state index contributed by atoms with van der Waals surface area (Å²) in [7, 11) is 0. The summed E-state index contributed by atoms with van der Waals surface area (Å²) in [6.07, 6.45) is 3.32. The van der Waals surface area contributed by atoms with Crippen molar-refractivity contribution in [2.75, 3.05) is 5.75 Å². The highest BCUT2D eigenvalue weighted by Crippen LogP contribution is 2.30. The maximum Gasteiger partial charge on any atom is 0.268 e. The number of thioether (sulfide) groups is 1. The zero-order chi connectivity index (χ0) is 15.5. The number of aromatic amines is 1. The molecular weight excluding hydrogens is 296 g/mol. The van der Waals surface area contributed by atoms with Gasteiger partial charge in [-0.15, -0.1) is 0 Å². The van der Waals surface area contributed by atoms with E-state index in [0.29, 0.717) is 16.3 Å². The molecule has 0 aliphatic heterocycles. The Hall–Kier alpha value is -1.75. The average molecular weight is 316 g/mol. The van der Waals surface area contributed by atoms with Gasteiger partial charge in [0.1, 0.15) is 5.69 Å². The largest absolute Gasteiger partial charge is 0.347 e. The van der Waals surface area contributed by atoms with Crippen molar-refractivity contribution < 1.29 is 4.79 Å². The van der Waals surface area contributed by atoms with Crippen LogP contribution in [0.1, 0.15) is 36.7 Å². The van der Waals surface area contributed by atoms with E-state index in [2.05, 4.69) is 17.2 Å². The van der Waals surface area contributed by atoms with E-state index in [4.69, 9.17) is 0 Å². The number of nitrogens with one attached hydrogen (secondary N) is 2. The Morgan fingerprint density at radius 3 is 3.00 bits per heavy atom. The molecule has 1 fully saturated rings. The molecule has 0 unspecified atom stereocenters. The van der Waals surface area contributed by atoms with Crippen molar-refractivity contribution >= 4 is 28.4 Å². The van der Waals surface area contributed by atoms with E-state index in [1.807, 2.05) is 30.0 Å². The molecule has 1 aliphatic carbocycles. The summed E-state index contributed by atoms with van der Waals surface area (Å²) < 4.78 is 0. The lowest BCUT2D eigenvalue weighted by molar-refractivity contribution is 0.0933. The summed E-state index contributed by atoms with van der Waals surface area (Å²) in [6.45, 7) is 2.14. The molecule has 1 aromatic carbocycles. The topological polar surface area (TPSA) is 62.0 Å². The maximum atomic E-state index is 12.5. The van der Waals surface area contributed by atoms with Gasteiger partial charge in [0, 0.05) is 16.7 Å². The second-order valence-corrected chi connectivity index (χ2v) is 7.12. The van der Waals surface area contributed by atoms with Crippen LogP contribution in [0, 0.1) is 0 Å². The van der Waals surface area contributed by atoms with Crippen molar-refractivity contribution in [2.45, 2.75) is 37.5 Å². The van der Waals surface area contributed by atoms with Crippen molar-refractivity contribution in [3.05, 3.63) is 46.4 Å². The van der Waals surface area contributed by atoms with Gasteiger partial charge in [-0.1, -0.05) is 31.5 Å². The number of carbonyl (C=O) groups is 1. The third kappa shape index (κ3) is 3.04. The molecule has 1 aliphatic rings. The van der Waals surface area contributed by atoms with Crippen LogP contribution >= 0.6 is 11.8 Å². The monoisotopic (exact) mass is 316 g/mol. The van der Waals surface area contributed by atoms with E-state index in [-0.39, 0.29) is 17.5 Å². The normalized spacial score (nSPS) is 21.1. The Kier molecular flexibility index (Phi) is 4.52. The van der Waals surface area contributed by atoms with Gasteiger partial charge in [-0.25, -0.2) is 0 Å². The first kappa shape index (κ1) is 15.2. The van der Waals surface area contributed by atoms with Crippen LogP contribution in [0.4, 0.5) is 0 Å². The fourth-order valence-corrected chi connectivity index (χ4v) is 4.28. The van der Waals surface area contributed by atoms with Crippen LogP contribution in [-0.4, -0.2) is 27.9 Å². The molecule has 1 amide bonds. The molecule has 1 heterocycles. The number of fused-ring (bicyclic) bond motifs is 1. The second kappa shape index (κ2) is 6.57. The van der Waals surface area contributed by atoms with Gasteiger partial charge in [0.25, 0.3) is 11.5 Å². The molecule has 22 heavy (non-hydrogen) atoms. The van der Waals surface area contributed by atoms with Crippen molar-refractivity contribution in [3.8, 4) is 0 Å². The third-order valence-electron chi connectivity index (χ3n) is 4.15. The van der Waals surface area contributed by atoms with E-state index >= 15 is 0 Å². The number of carbonyl (C=O) groups excluding carboxylic acids is 1. The summed E-state index contributed by atoms with van der Waals surface area (Å²) in [5.74, 6) is 0.876. The Bertz CT molecular complexity index is 741. The number of amides is 1. The fraction of sp³-hybridized carbons (Fsp3) is 0.412. The van der Waals surface area contributed by atoms with E-state index < -0.39 is 0 Å². The first-order valence-electron chi connectivity index (χ1n) is 7.73. The fourth-order valence-electron chi connectivity index (χ4n) is 3.08. The highest BCUT2D eigenvalue weighted by molar-refractivity contribution is 7.99. The molecular formula is C17H20N2O2S. The summed E-state index contributed by atoms with van der Waals surface area (Å²) in [6, 6.07) is 9.26. The van der Waals surface area contributed by atoms with Gasteiger partial charge in [-0.3, -0.25) is 9.59 Å². The van der Waals surface area contributed by atoms with Crippen LogP contribution in [0.3, 0.4) is 0 Å². The lowest BCUT2D eigenvalue weighted by Crippen LogP contribution is -2.39. The zero-order valence-corrected chi connectivity index (χ0v) is 13.4. The van der Waals surface area contributed by atoms with E-state index in [9.17, 15) is 9.59 Å². The SMILES string of the molecule is CCS[C@@H]1CCC[C@@H]1NC(=O)c1cc2ccccc2c(=O)[nH]1. The highest BCUT2D eigenvalue weighted by atomic mass is 32.2. The van der Waals surface area contributed by atoms with Crippen LogP contribution in [0.25, 0.3) is 10.8 Å². The van der Waals surface area contributed by atoms with Crippen LogP contribution in [0.5, 0.6) is 0 Å². The predicted octanol–water partition coefficient (Wildman–Crippen LogP) is 2.93. The summed E-state index contributed by atoms with van der Waals surface area (Å²) >= 11 is 1.90. The van der Waals surface area contributed by atoms with Crippen molar-refractivity contribution in [1.82, 2.24) is 10.3 Å². The highest BCUT2D eigenvalue weighted by Gasteiger charge is 2.28. The van der Waals surface area contributed by atoms with Crippen LogP contribution in [-0.2, 0) is 0 Å². The predicted molar refractivity (Wildman–Crippen MR) is 91.6 cm³/mol. The number of pyridine rings is 1. The Morgan fingerprint density at radius 2 is 2.18 bits per heavy atom. The van der Waals surface area contributed by atoms with Crippen molar-refractivity contribution in [1.29, 1.82) is 0 Å². The molecule has 1 aromatic heterocycles. The molecule has 1 saturated carbocycles. The lowest BCUT2D eigenvalue weighted by atomic mass is 10.1. The number of hydrogen-bond acceptors (Lipinski definition) is 3. The quantitative estimate of drug-likeness (QED) is 0.911. The molecule has 3 rings (SSSR count). The lowest BCUT2D eigenvalue weighted by Gasteiger charge is -2.20. The van der Waals surface area contributed by atoms with Gasteiger partial charge < -0.3 is 10.3 Å². The Balaban J connectivity index is 1.82. The number of benzene rings is 1. The maximum absolute atomic E-state index is 12.5. The molecule has 2 atom stereocenters.